The highest BCUT2D eigenvalue weighted by molar-refractivity contribution is 6.30. The Kier molecular flexibility index (Phi) is 5.15. The normalized spacial score (nSPS) is 39.1. The molecule has 2 saturated carbocycles. The fourth-order valence-electron chi connectivity index (χ4n) is 4.00. The zero-order valence-corrected chi connectivity index (χ0v) is 14.7. The number of amides is 1. The Hall–Kier alpha value is -0.0700. The van der Waals surface area contributed by atoms with Crippen LogP contribution in [0.3, 0.4) is 0 Å². The van der Waals surface area contributed by atoms with Gasteiger partial charge in [0.25, 0.3) is 5.91 Å². The Bertz CT molecular complexity index is 453. The van der Waals surface area contributed by atoms with E-state index in [9.17, 15) is 15.0 Å². The summed E-state index contributed by atoms with van der Waals surface area (Å²) in [4.78, 5) is 13.9. The summed E-state index contributed by atoms with van der Waals surface area (Å²) < 4.78 is 0. The molecule has 4 N–H and O–H groups in total. The minimum atomic E-state index is -1.09. The van der Waals surface area contributed by atoms with Crippen molar-refractivity contribution in [2.75, 3.05) is 13.1 Å². The highest BCUT2D eigenvalue weighted by Crippen LogP contribution is 2.39. The van der Waals surface area contributed by atoms with Gasteiger partial charge in [-0.2, -0.15) is 0 Å². The molecule has 1 heterocycles. The van der Waals surface area contributed by atoms with Crippen molar-refractivity contribution in [3.63, 3.8) is 0 Å². The van der Waals surface area contributed by atoms with Crippen LogP contribution in [-0.2, 0) is 4.79 Å². The molecule has 132 valence electrons. The zero-order chi connectivity index (χ0) is 16.8. The summed E-state index contributed by atoms with van der Waals surface area (Å²) in [5.41, 5.74) is 5.34. The van der Waals surface area contributed by atoms with Crippen molar-refractivity contribution in [1.29, 1.82) is 0 Å². The second kappa shape index (κ2) is 6.68. The number of rotatable bonds is 3. The summed E-state index contributed by atoms with van der Waals surface area (Å²) in [5, 5.41) is 19.9. The molecule has 3 fully saturated rings. The second-order valence-electron chi connectivity index (χ2n) is 7.47. The van der Waals surface area contributed by atoms with E-state index >= 15 is 0 Å². The summed E-state index contributed by atoms with van der Waals surface area (Å²) >= 11 is 12.4. The Morgan fingerprint density at radius 1 is 1.17 bits per heavy atom. The average molecular weight is 365 g/mol. The van der Waals surface area contributed by atoms with Crippen LogP contribution in [0.4, 0.5) is 0 Å². The minimum absolute atomic E-state index is 0.0348. The van der Waals surface area contributed by atoms with Gasteiger partial charge in [-0.05, 0) is 44.4 Å². The number of aliphatic hydroxyl groups is 2. The van der Waals surface area contributed by atoms with Crippen LogP contribution in [0.25, 0.3) is 0 Å². The first-order chi connectivity index (χ1) is 10.8. The van der Waals surface area contributed by atoms with Crippen molar-refractivity contribution >= 4 is 29.1 Å². The molecular weight excluding hydrogens is 339 g/mol. The zero-order valence-electron chi connectivity index (χ0n) is 13.2. The number of carbonyl (C=O) groups excluding carboxylic acids is 1. The first kappa shape index (κ1) is 17.7. The predicted octanol–water partition coefficient (Wildman–Crippen LogP) is 1.06. The summed E-state index contributed by atoms with van der Waals surface area (Å²) in [6.45, 7) is 1.26. The van der Waals surface area contributed by atoms with E-state index in [-0.39, 0.29) is 34.5 Å². The molecule has 4 unspecified atom stereocenters. The van der Waals surface area contributed by atoms with E-state index in [1.165, 1.54) is 0 Å². The van der Waals surface area contributed by atoms with E-state index in [0.29, 0.717) is 38.8 Å². The monoisotopic (exact) mass is 364 g/mol. The van der Waals surface area contributed by atoms with Crippen LogP contribution < -0.4 is 5.73 Å². The van der Waals surface area contributed by atoms with Crippen LogP contribution in [0.15, 0.2) is 0 Å². The third kappa shape index (κ3) is 3.64. The van der Waals surface area contributed by atoms with Gasteiger partial charge in [0.1, 0.15) is 5.60 Å². The Morgan fingerprint density at radius 3 is 2.30 bits per heavy atom. The molecule has 1 aliphatic heterocycles. The molecule has 7 heteroatoms. The van der Waals surface area contributed by atoms with Gasteiger partial charge in [-0.3, -0.25) is 4.79 Å². The van der Waals surface area contributed by atoms with Crippen molar-refractivity contribution in [3.8, 4) is 0 Å². The molecule has 5 nitrogen and oxygen atoms in total. The molecule has 23 heavy (non-hydrogen) atoms. The van der Waals surface area contributed by atoms with Crippen molar-refractivity contribution in [1.82, 2.24) is 4.90 Å². The molecule has 0 aromatic carbocycles. The number of alkyl halides is 2. The number of aliphatic hydroxyl groups excluding tert-OH is 1. The molecule has 5 atom stereocenters. The first-order valence-corrected chi connectivity index (χ1v) is 9.42. The molecule has 0 aromatic rings. The maximum atomic E-state index is 12.2. The summed E-state index contributed by atoms with van der Waals surface area (Å²) in [6.07, 6.45) is 3.39. The number of likely N-dealkylation sites (tertiary alicyclic amines) is 1. The minimum Gasteiger partial charge on any atom is -0.393 e. The maximum absolute atomic E-state index is 12.2. The van der Waals surface area contributed by atoms with Crippen LogP contribution >= 0.6 is 23.2 Å². The summed E-state index contributed by atoms with van der Waals surface area (Å²) in [6, 6.07) is -0.128. The quantitative estimate of drug-likeness (QED) is 0.653. The number of hydrogen-bond acceptors (Lipinski definition) is 4. The van der Waals surface area contributed by atoms with Gasteiger partial charge >= 0.3 is 0 Å². The molecular formula is C16H26Cl2N2O3. The molecule has 1 amide bonds. The standard InChI is InChI=1S/C16H26Cl2N2O3/c17-11-7-10(13(21)8-12(11)18)14(19)9-1-5-20(6-2-9)15(22)16(23)3-4-16/h9-14,21,23H,1-8,19H2/t10?,11?,12?,13?,14-/m1/s1. The Balaban J connectivity index is 1.53. The van der Waals surface area contributed by atoms with Gasteiger partial charge in [0.2, 0.25) is 0 Å². The van der Waals surface area contributed by atoms with Gasteiger partial charge < -0.3 is 20.8 Å². The van der Waals surface area contributed by atoms with Crippen LogP contribution in [0.2, 0.25) is 0 Å². The number of halogens is 2. The Morgan fingerprint density at radius 2 is 1.74 bits per heavy atom. The van der Waals surface area contributed by atoms with E-state index in [1.54, 1.807) is 4.90 Å². The number of nitrogens with zero attached hydrogens (tertiary/aromatic N) is 1. The van der Waals surface area contributed by atoms with Gasteiger partial charge in [0, 0.05) is 25.0 Å². The Labute approximate surface area is 147 Å². The van der Waals surface area contributed by atoms with E-state index in [2.05, 4.69) is 0 Å². The fourth-order valence-corrected chi connectivity index (χ4v) is 4.59. The van der Waals surface area contributed by atoms with Crippen LogP contribution in [0, 0.1) is 11.8 Å². The number of hydrogen-bond donors (Lipinski definition) is 3. The van der Waals surface area contributed by atoms with Gasteiger partial charge in [-0.25, -0.2) is 0 Å². The third-order valence-corrected chi connectivity index (χ3v) is 6.93. The summed E-state index contributed by atoms with van der Waals surface area (Å²) in [5.74, 6) is 0.101. The molecule has 0 spiro atoms. The van der Waals surface area contributed by atoms with Crippen molar-refractivity contribution in [2.45, 2.75) is 67.0 Å². The molecule has 2 aliphatic carbocycles. The van der Waals surface area contributed by atoms with E-state index in [4.69, 9.17) is 28.9 Å². The molecule has 3 aliphatic rings. The van der Waals surface area contributed by atoms with Crippen LogP contribution in [0.1, 0.15) is 38.5 Å². The largest absolute Gasteiger partial charge is 0.393 e. The smallest absolute Gasteiger partial charge is 0.254 e. The SMILES string of the molecule is N[C@H](C1CCN(C(=O)C2(O)CC2)CC1)C1CC(Cl)C(Cl)CC1O. The first-order valence-electron chi connectivity index (χ1n) is 8.55. The van der Waals surface area contributed by atoms with Gasteiger partial charge in [0.15, 0.2) is 0 Å². The lowest BCUT2D eigenvalue weighted by atomic mass is 9.74. The number of nitrogens with two attached hydrogens (primary N) is 1. The predicted molar refractivity (Wildman–Crippen MR) is 89.5 cm³/mol. The molecule has 0 radical (unpaired) electrons. The lowest BCUT2D eigenvalue weighted by Crippen LogP contribution is -2.52. The van der Waals surface area contributed by atoms with Crippen LogP contribution in [-0.4, -0.2) is 62.6 Å². The molecule has 3 rings (SSSR count). The van der Waals surface area contributed by atoms with Crippen molar-refractivity contribution in [3.05, 3.63) is 0 Å². The van der Waals surface area contributed by atoms with Gasteiger partial charge in [-0.1, -0.05) is 0 Å². The van der Waals surface area contributed by atoms with E-state index < -0.39 is 11.7 Å². The molecule has 0 aromatic heterocycles. The third-order valence-electron chi connectivity index (χ3n) is 5.84. The summed E-state index contributed by atoms with van der Waals surface area (Å²) in [7, 11) is 0. The van der Waals surface area contributed by atoms with Crippen LogP contribution in [0.5, 0.6) is 0 Å². The fraction of sp³-hybridized carbons (Fsp3) is 0.938. The van der Waals surface area contributed by atoms with Gasteiger partial charge in [0.05, 0.1) is 16.9 Å². The number of carbonyl (C=O) groups is 1. The van der Waals surface area contributed by atoms with E-state index in [0.717, 1.165) is 12.8 Å². The lowest BCUT2D eigenvalue weighted by Gasteiger charge is -2.42. The highest BCUT2D eigenvalue weighted by atomic mass is 35.5. The van der Waals surface area contributed by atoms with Crippen molar-refractivity contribution < 1.29 is 15.0 Å². The molecule has 0 bridgehead atoms. The average Bonchev–Trinajstić information content (AvgIpc) is 3.29. The van der Waals surface area contributed by atoms with E-state index in [1.807, 2.05) is 0 Å². The lowest BCUT2D eigenvalue weighted by molar-refractivity contribution is -0.144. The topological polar surface area (TPSA) is 86.8 Å². The highest BCUT2D eigenvalue weighted by Gasteiger charge is 2.50. The molecule has 1 saturated heterocycles. The van der Waals surface area contributed by atoms with Gasteiger partial charge in [-0.15, -0.1) is 23.2 Å². The maximum Gasteiger partial charge on any atom is 0.254 e. The number of piperidine rings is 1. The second-order valence-corrected chi connectivity index (χ2v) is 8.59. The van der Waals surface area contributed by atoms with Crippen molar-refractivity contribution in [2.24, 2.45) is 17.6 Å².